The van der Waals surface area contributed by atoms with Gasteiger partial charge in [-0.15, -0.1) is 0 Å². The quantitative estimate of drug-likeness (QED) is 0.874. The van der Waals surface area contributed by atoms with Crippen molar-refractivity contribution in [1.82, 2.24) is 5.32 Å². The van der Waals surface area contributed by atoms with Gasteiger partial charge in [-0.2, -0.15) is 0 Å². The molecule has 0 aromatic heterocycles. The standard InChI is InChI=1S/C19H18ClFN2O2/c1-12(16-7-2-3-8-17(16)20)22-19(24)18-11-15(23-25-18)10-13-5-4-6-14(21)9-13/h2-9,12,18H,10-11H2,1H3,(H,22,24)/t12-,18+/m1/s1. The van der Waals surface area contributed by atoms with E-state index in [2.05, 4.69) is 10.5 Å². The van der Waals surface area contributed by atoms with Crippen molar-refractivity contribution >= 4 is 23.2 Å². The highest BCUT2D eigenvalue weighted by molar-refractivity contribution is 6.31. The molecule has 3 rings (SSSR count). The normalized spacial score (nSPS) is 17.6. The van der Waals surface area contributed by atoms with Crippen molar-refractivity contribution in [3.63, 3.8) is 0 Å². The summed E-state index contributed by atoms with van der Waals surface area (Å²) in [7, 11) is 0. The molecule has 0 saturated heterocycles. The van der Waals surface area contributed by atoms with Gasteiger partial charge in [0.15, 0.2) is 0 Å². The van der Waals surface area contributed by atoms with E-state index >= 15 is 0 Å². The van der Waals surface area contributed by atoms with E-state index in [1.165, 1.54) is 12.1 Å². The van der Waals surface area contributed by atoms with Crippen LogP contribution in [0, 0.1) is 5.82 Å². The van der Waals surface area contributed by atoms with Crippen molar-refractivity contribution in [2.24, 2.45) is 5.16 Å². The zero-order valence-electron chi connectivity index (χ0n) is 13.7. The number of carbonyl (C=O) groups is 1. The molecular weight excluding hydrogens is 343 g/mol. The molecule has 1 aliphatic rings. The minimum absolute atomic E-state index is 0.239. The first-order valence-electron chi connectivity index (χ1n) is 8.03. The fraction of sp³-hybridized carbons (Fsp3) is 0.263. The average Bonchev–Trinajstić information content (AvgIpc) is 3.04. The Morgan fingerprint density at radius 2 is 2.16 bits per heavy atom. The number of halogens is 2. The minimum atomic E-state index is -0.673. The van der Waals surface area contributed by atoms with Crippen LogP contribution in [0.25, 0.3) is 0 Å². The largest absolute Gasteiger partial charge is 0.382 e. The number of carbonyl (C=O) groups excluding carboxylic acids is 1. The van der Waals surface area contributed by atoms with Gasteiger partial charge in [-0.25, -0.2) is 4.39 Å². The summed E-state index contributed by atoms with van der Waals surface area (Å²) in [5.74, 6) is -0.537. The van der Waals surface area contributed by atoms with Gasteiger partial charge >= 0.3 is 0 Å². The van der Waals surface area contributed by atoms with E-state index in [0.717, 1.165) is 16.8 Å². The van der Waals surface area contributed by atoms with Crippen LogP contribution in [0.2, 0.25) is 5.02 Å². The van der Waals surface area contributed by atoms with Gasteiger partial charge in [0.25, 0.3) is 5.91 Å². The molecule has 0 bridgehead atoms. The molecule has 130 valence electrons. The molecule has 0 unspecified atom stereocenters. The van der Waals surface area contributed by atoms with E-state index in [1.807, 2.05) is 31.2 Å². The molecule has 0 saturated carbocycles. The van der Waals surface area contributed by atoms with Crippen LogP contribution in [-0.4, -0.2) is 17.7 Å². The maximum Gasteiger partial charge on any atom is 0.264 e. The molecule has 1 N–H and O–H groups in total. The Morgan fingerprint density at radius 1 is 1.36 bits per heavy atom. The lowest BCUT2D eigenvalue weighted by Crippen LogP contribution is -2.36. The van der Waals surface area contributed by atoms with E-state index in [-0.39, 0.29) is 17.8 Å². The van der Waals surface area contributed by atoms with E-state index < -0.39 is 6.10 Å². The lowest BCUT2D eigenvalue weighted by atomic mass is 10.0. The number of hydrogen-bond donors (Lipinski definition) is 1. The molecule has 1 heterocycles. The van der Waals surface area contributed by atoms with Gasteiger partial charge in [0.1, 0.15) is 5.82 Å². The van der Waals surface area contributed by atoms with Crippen LogP contribution in [0.1, 0.15) is 30.5 Å². The monoisotopic (exact) mass is 360 g/mol. The number of hydrogen-bond acceptors (Lipinski definition) is 3. The molecule has 2 aromatic carbocycles. The Morgan fingerprint density at radius 3 is 2.92 bits per heavy atom. The maximum absolute atomic E-state index is 13.2. The predicted molar refractivity (Wildman–Crippen MR) is 95.0 cm³/mol. The molecule has 2 atom stereocenters. The summed E-state index contributed by atoms with van der Waals surface area (Å²) in [4.78, 5) is 17.6. The lowest BCUT2D eigenvalue weighted by Gasteiger charge is -2.17. The van der Waals surface area contributed by atoms with Gasteiger partial charge in [0.05, 0.1) is 11.8 Å². The fourth-order valence-electron chi connectivity index (χ4n) is 2.76. The molecule has 25 heavy (non-hydrogen) atoms. The zero-order chi connectivity index (χ0) is 17.8. The van der Waals surface area contributed by atoms with Crippen LogP contribution in [-0.2, 0) is 16.1 Å². The average molecular weight is 361 g/mol. The molecule has 0 radical (unpaired) electrons. The molecule has 2 aromatic rings. The van der Waals surface area contributed by atoms with Gasteiger partial charge in [-0.05, 0) is 36.2 Å². The number of amides is 1. The number of benzene rings is 2. The summed E-state index contributed by atoms with van der Waals surface area (Å²) in [6.07, 6.45) is 0.174. The van der Waals surface area contributed by atoms with Gasteiger partial charge in [0, 0.05) is 17.9 Å². The summed E-state index contributed by atoms with van der Waals surface area (Å²) in [6.45, 7) is 1.86. The molecule has 0 spiro atoms. The summed E-state index contributed by atoms with van der Waals surface area (Å²) < 4.78 is 13.2. The van der Waals surface area contributed by atoms with Gasteiger partial charge in [-0.1, -0.05) is 47.1 Å². The fourth-order valence-corrected chi connectivity index (χ4v) is 3.06. The number of nitrogens with zero attached hydrogens (tertiary/aromatic N) is 1. The van der Waals surface area contributed by atoms with Crippen LogP contribution in [0.4, 0.5) is 4.39 Å². The van der Waals surface area contributed by atoms with Crippen molar-refractivity contribution in [1.29, 1.82) is 0 Å². The highest BCUT2D eigenvalue weighted by Crippen LogP contribution is 2.23. The Bertz CT molecular complexity index is 810. The molecule has 0 aliphatic carbocycles. The Labute approximate surface area is 150 Å². The second-order valence-corrected chi connectivity index (χ2v) is 6.42. The molecule has 1 amide bonds. The molecule has 1 aliphatic heterocycles. The van der Waals surface area contributed by atoms with Crippen molar-refractivity contribution < 1.29 is 14.0 Å². The van der Waals surface area contributed by atoms with Crippen LogP contribution >= 0.6 is 11.6 Å². The van der Waals surface area contributed by atoms with Gasteiger partial charge in [-0.3, -0.25) is 4.79 Å². The number of nitrogens with one attached hydrogen (secondary N) is 1. The maximum atomic E-state index is 13.2. The summed E-state index contributed by atoms with van der Waals surface area (Å²) >= 11 is 6.15. The van der Waals surface area contributed by atoms with Crippen LogP contribution in [0.3, 0.4) is 0 Å². The van der Waals surface area contributed by atoms with Crippen molar-refractivity contribution in [3.8, 4) is 0 Å². The van der Waals surface area contributed by atoms with Crippen molar-refractivity contribution in [2.45, 2.75) is 31.9 Å². The first-order valence-corrected chi connectivity index (χ1v) is 8.41. The molecule has 4 nitrogen and oxygen atoms in total. The van der Waals surface area contributed by atoms with E-state index in [4.69, 9.17) is 16.4 Å². The zero-order valence-corrected chi connectivity index (χ0v) is 14.5. The lowest BCUT2D eigenvalue weighted by molar-refractivity contribution is -0.131. The van der Waals surface area contributed by atoms with Crippen molar-refractivity contribution in [3.05, 3.63) is 70.5 Å². The Hall–Kier alpha value is -2.40. The van der Waals surface area contributed by atoms with Crippen LogP contribution in [0.5, 0.6) is 0 Å². The van der Waals surface area contributed by atoms with E-state index in [9.17, 15) is 9.18 Å². The summed E-state index contributed by atoms with van der Waals surface area (Å²) in [5, 5.41) is 7.46. The third kappa shape index (κ3) is 4.37. The third-order valence-electron chi connectivity index (χ3n) is 4.05. The summed E-state index contributed by atoms with van der Waals surface area (Å²) in [6, 6.07) is 13.4. The summed E-state index contributed by atoms with van der Waals surface area (Å²) in [5.41, 5.74) is 2.36. The second kappa shape index (κ2) is 7.66. The Balaban J connectivity index is 1.56. The minimum Gasteiger partial charge on any atom is -0.382 e. The Kier molecular flexibility index (Phi) is 5.34. The smallest absolute Gasteiger partial charge is 0.264 e. The number of oxime groups is 1. The van der Waals surface area contributed by atoms with Gasteiger partial charge < -0.3 is 10.2 Å². The van der Waals surface area contributed by atoms with Crippen LogP contribution in [0.15, 0.2) is 53.7 Å². The topological polar surface area (TPSA) is 50.7 Å². The third-order valence-corrected chi connectivity index (χ3v) is 4.39. The van der Waals surface area contributed by atoms with E-state index in [1.54, 1.807) is 12.1 Å². The first-order chi connectivity index (χ1) is 12.0. The molecule has 6 heteroatoms. The van der Waals surface area contributed by atoms with E-state index in [0.29, 0.717) is 17.9 Å². The molecular formula is C19H18ClFN2O2. The van der Waals surface area contributed by atoms with Gasteiger partial charge in [0.2, 0.25) is 6.10 Å². The first kappa shape index (κ1) is 17.4. The van der Waals surface area contributed by atoms with Crippen molar-refractivity contribution in [2.75, 3.05) is 0 Å². The van der Waals surface area contributed by atoms with Crippen LogP contribution < -0.4 is 5.32 Å². The highest BCUT2D eigenvalue weighted by Gasteiger charge is 2.29. The molecule has 0 fully saturated rings. The highest BCUT2D eigenvalue weighted by atomic mass is 35.5. The predicted octanol–water partition coefficient (Wildman–Crippen LogP) is 4.04. The SMILES string of the molecule is C[C@@H](NC(=O)[C@@H]1CC(Cc2cccc(F)c2)=NO1)c1ccccc1Cl. The number of rotatable bonds is 5. The second-order valence-electron chi connectivity index (χ2n) is 6.01.